The van der Waals surface area contributed by atoms with E-state index in [1.54, 1.807) is 7.11 Å². The van der Waals surface area contributed by atoms with Crippen LogP contribution in [0.25, 0.3) is 5.57 Å². The molecule has 1 aromatic rings. The maximum Gasteiger partial charge on any atom is 0.316 e. The summed E-state index contributed by atoms with van der Waals surface area (Å²) in [5.41, 5.74) is 3.32. The highest BCUT2D eigenvalue weighted by Gasteiger charge is 2.69. The summed E-state index contributed by atoms with van der Waals surface area (Å²) in [6.07, 6.45) is 8.62. The molecule has 0 bridgehead atoms. The number of hydrogen-bond donors (Lipinski definition) is 0. The van der Waals surface area contributed by atoms with Gasteiger partial charge < -0.3 is 9.47 Å². The van der Waals surface area contributed by atoms with Crippen LogP contribution in [-0.4, -0.2) is 26.3 Å². The lowest BCUT2D eigenvalue weighted by molar-refractivity contribution is -0.146. The Morgan fingerprint density at radius 2 is 2.08 bits per heavy atom. The number of allylic oxidation sites excluding steroid dienone is 2. The normalized spacial score (nSPS) is 37.9. The summed E-state index contributed by atoms with van der Waals surface area (Å²) < 4.78 is 10.9. The highest BCUT2D eigenvalue weighted by atomic mass is 16.5. The van der Waals surface area contributed by atoms with Gasteiger partial charge in [-0.1, -0.05) is 49.4 Å². The van der Waals surface area contributed by atoms with Gasteiger partial charge in [0, 0.05) is 18.9 Å². The summed E-state index contributed by atoms with van der Waals surface area (Å²) in [4.78, 5) is 12.6. The number of benzene rings is 1. The Labute approximate surface area is 143 Å². The number of carbonyl (C=O) groups is 1. The molecule has 3 aliphatic carbocycles. The molecule has 0 unspecified atom stereocenters. The van der Waals surface area contributed by atoms with Gasteiger partial charge in [-0.05, 0) is 35.5 Å². The number of rotatable bonds is 3. The second-order valence-electron chi connectivity index (χ2n) is 7.24. The van der Waals surface area contributed by atoms with E-state index in [2.05, 4.69) is 49.4 Å². The van der Waals surface area contributed by atoms with Gasteiger partial charge in [0.2, 0.25) is 0 Å². The van der Waals surface area contributed by atoms with Crippen molar-refractivity contribution in [3.63, 3.8) is 0 Å². The van der Waals surface area contributed by atoms with E-state index in [4.69, 9.17) is 9.47 Å². The van der Waals surface area contributed by atoms with Gasteiger partial charge in [0.15, 0.2) is 0 Å². The average molecular weight is 324 g/mol. The van der Waals surface area contributed by atoms with E-state index in [1.807, 2.05) is 0 Å². The van der Waals surface area contributed by atoms with Crippen LogP contribution in [0.3, 0.4) is 0 Å². The molecule has 0 amide bonds. The zero-order chi connectivity index (χ0) is 16.9. The number of ether oxygens (including phenoxy) is 2. The molecule has 126 valence electrons. The van der Waals surface area contributed by atoms with Crippen LogP contribution in [0, 0.1) is 23.2 Å². The Morgan fingerprint density at radius 3 is 2.75 bits per heavy atom. The number of hydrogen-bond acceptors (Lipinski definition) is 3. The molecule has 0 N–H and O–H groups in total. The molecule has 1 fully saturated rings. The Hall–Kier alpha value is -1.87. The monoisotopic (exact) mass is 324 g/mol. The van der Waals surface area contributed by atoms with Crippen molar-refractivity contribution in [2.24, 2.45) is 23.2 Å². The van der Waals surface area contributed by atoms with Crippen LogP contribution < -0.4 is 0 Å². The van der Waals surface area contributed by atoms with Gasteiger partial charge in [-0.25, -0.2) is 0 Å². The van der Waals surface area contributed by atoms with E-state index in [-0.39, 0.29) is 18.0 Å². The minimum absolute atomic E-state index is 0.0985. The number of fused-ring (bicyclic) bond motifs is 2. The third-order valence-electron chi connectivity index (χ3n) is 6.26. The lowest BCUT2D eigenvalue weighted by atomic mass is 9.76. The van der Waals surface area contributed by atoms with E-state index in [0.29, 0.717) is 11.8 Å². The van der Waals surface area contributed by atoms with Crippen LogP contribution >= 0.6 is 0 Å². The minimum Gasteiger partial charge on any atom is -0.468 e. The molecule has 0 saturated heterocycles. The fourth-order valence-corrected chi connectivity index (χ4v) is 4.82. The molecule has 5 atom stereocenters. The van der Waals surface area contributed by atoms with Crippen LogP contribution in [-0.2, 0) is 20.7 Å². The third-order valence-corrected chi connectivity index (χ3v) is 6.26. The average Bonchev–Trinajstić information content (AvgIpc) is 2.96. The lowest BCUT2D eigenvalue weighted by Crippen LogP contribution is -2.30. The highest BCUT2D eigenvalue weighted by Crippen LogP contribution is 2.67. The second kappa shape index (κ2) is 5.59. The minimum atomic E-state index is -0.476. The van der Waals surface area contributed by atoms with Crippen molar-refractivity contribution in [1.82, 2.24) is 0 Å². The summed E-state index contributed by atoms with van der Waals surface area (Å²) in [5, 5.41) is 0. The number of carbonyl (C=O) groups excluding carboxylic acids is 1. The molecular weight excluding hydrogens is 300 g/mol. The maximum absolute atomic E-state index is 12.6. The predicted molar refractivity (Wildman–Crippen MR) is 93.3 cm³/mol. The highest BCUT2D eigenvalue weighted by molar-refractivity contribution is 5.89. The first kappa shape index (κ1) is 15.6. The number of esters is 1. The van der Waals surface area contributed by atoms with Gasteiger partial charge in [-0.15, -0.1) is 0 Å². The Morgan fingerprint density at radius 1 is 1.29 bits per heavy atom. The summed E-state index contributed by atoms with van der Waals surface area (Å²) in [6.45, 7) is 2.20. The number of methoxy groups -OCH3 is 2. The van der Waals surface area contributed by atoms with Crippen LogP contribution in [0.4, 0.5) is 0 Å². The van der Waals surface area contributed by atoms with Crippen molar-refractivity contribution < 1.29 is 14.3 Å². The molecule has 3 nitrogen and oxygen atoms in total. The molecule has 0 aromatic heterocycles. The van der Waals surface area contributed by atoms with E-state index >= 15 is 0 Å². The van der Waals surface area contributed by atoms with Gasteiger partial charge in [-0.2, -0.15) is 0 Å². The molecule has 0 spiro atoms. The smallest absolute Gasteiger partial charge is 0.316 e. The third kappa shape index (κ3) is 2.04. The van der Waals surface area contributed by atoms with Gasteiger partial charge in [0.1, 0.15) is 0 Å². The zero-order valence-electron chi connectivity index (χ0n) is 14.5. The molecule has 0 heterocycles. The maximum atomic E-state index is 12.6. The van der Waals surface area contributed by atoms with Crippen molar-refractivity contribution in [2.75, 3.05) is 14.2 Å². The van der Waals surface area contributed by atoms with Gasteiger partial charge in [0.05, 0.1) is 18.6 Å². The Kier molecular flexibility index (Phi) is 3.65. The first-order valence-corrected chi connectivity index (χ1v) is 8.72. The van der Waals surface area contributed by atoms with E-state index in [1.165, 1.54) is 23.8 Å². The summed E-state index contributed by atoms with van der Waals surface area (Å²) in [7, 11) is 3.27. The largest absolute Gasteiger partial charge is 0.468 e. The van der Waals surface area contributed by atoms with Crippen molar-refractivity contribution >= 4 is 11.5 Å². The molecule has 0 radical (unpaired) electrons. The zero-order valence-corrected chi connectivity index (χ0v) is 14.5. The van der Waals surface area contributed by atoms with Crippen molar-refractivity contribution in [1.29, 1.82) is 0 Å². The van der Waals surface area contributed by atoms with E-state index in [9.17, 15) is 4.79 Å². The van der Waals surface area contributed by atoms with E-state index in [0.717, 1.165) is 12.8 Å². The standard InChI is InChI=1S/C21H24O3/c1-13-16(15-8-5-4-7-14(15)11-19(13)23-2)12-21(20(22)24-3)17-9-6-10-18(17)21/h4-9,12-13,17-19H,10-11H2,1-3H3/t13-,17+,18-,19+,21+/m1/s1. The van der Waals surface area contributed by atoms with Crippen LogP contribution in [0.15, 0.2) is 42.5 Å². The molecule has 24 heavy (non-hydrogen) atoms. The SMILES string of the molecule is COC(=O)[C@]1(C=C2c3ccccc3C[C@H](OC)[C@@H]2C)[C@@H]2CC=C[C@@H]21. The molecular formula is C21H24O3. The first-order valence-electron chi connectivity index (χ1n) is 8.72. The molecule has 4 rings (SSSR count). The van der Waals surface area contributed by atoms with Crippen LogP contribution in [0.2, 0.25) is 0 Å². The van der Waals surface area contributed by atoms with Crippen LogP contribution in [0.5, 0.6) is 0 Å². The van der Waals surface area contributed by atoms with Crippen molar-refractivity contribution in [3.8, 4) is 0 Å². The quantitative estimate of drug-likeness (QED) is 0.629. The molecule has 3 aliphatic rings. The molecule has 0 aliphatic heterocycles. The predicted octanol–water partition coefficient (Wildman–Crippen LogP) is 3.64. The molecule has 3 heteroatoms. The summed E-state index contributed by atoms with van der Waals surface area (Å²) >= 11 is 0. The second-order valence-corrected chi connectivity index (χ2v) is 7.24. The fourth-order valence-electron chi connectivity index (χ4n) is 4.82. The van der Waals surface area contributed by atoms with Crippen molar-refractivity contribution in [2.45, 2.75) is 25.9 Å². The van der Waals surface area contributed by atoms with Crippen LogP contribution in [0.1, 0.15) is 24.5 Å². The van der Waals surface area contributed by atoms with Gasteiger partial charge in [0.25, 0.3) is 0 Å². The lowest BCUT2D eigenvalue weighted by Gasteiger charge is -2.33. The summed E-state index contributed by atoms with van der Waals surface area (Å²) in [6, 6.07) is 8.48. The van der Waals surface area contributed by atoms with Crippen molar-refractivity contribution in [3.05, 3.63) is 53.6 Å². The molecule has 1 aromatic carbocycles. The van der Waals surface area contributed by atoms with E-state index < -0.39 is 5.41 Å². The Bertz CT molecular complexity index is 732. The Balaban J connectivity index is 1.83. The first-order chi connectivity index (χ1) is 11.6. The molecule has 1 saturated carbocycles. The van der Waals surface area contributed by atoms with Gasteiger partial charge in [-0.3, -0.25) is 4.79 Å². The van der Waals surface area contributed by atoms with Gasteiger partial charge >= 0.3 is 5.97 Å². The fraction of sp³-hybridized carbons (Fsp3) is 0.476. The topological polar surface area (TPSA) is 35.5 Å². The summed E-state index contributed by atoms with van der Waals surface area (Å²) in [5.74, 6) is 0.815.